The molecule has 0 saturated heterocycles. The number of anilines is 1. The summed E-state index contributed by atoms with van der Waals surface area (Å²) in [4.78, 5) is 10.9. The van der Waals surface area contributed by atoms with Gasteiger partial charge in [0.15, 0.2) is 0 Å². The molecule has 1 atom stereocenters. The molecule has 0 fully saturated rings. The van der Waals surface area contributed by atoms with Gasteiger partial charge in [-0.1, -0.05) is 6.07 Å². The number of nitrogens with one attached hydrogen (secondary N) is 1. The minimum Gasteiger partial charge on any atom is -0.375 e. The van der Waals surface area contributed by atoms with Crippen LogP contribution in [-0.4, -0.2) is 12.5 Å². The third kappa shape index (κ3) is 2.16. The summed E-state index contributed by atoms with van der Waals surface area (Å²) in [5.41, 5.74) is 8.84. The lowest BCUT2D eigenvalue weighted by Crippen LogP contribution is -2.23. The van der Waals surface area contributed by atoms with Gasteiger partial charge in [0.25, 0.3) is 0 Å². The molecule has 0 spiro atoms. The molecule has 80 valence electrons. The second-order valence-corrected chi connectivity index (χ2v) is 3.72. The van der Waals surface area contributed by atoms with E-state index >= 15 is 0 Å². The van der Waals surface area contributed by atoms with Crippen LogP contribution in [0.4, 0.5) is 5.69 Å². The predicted octanol–water partition coefficient (Wildman–Crippen LogP) is 1.17. The van der Waals surface area contributed by atoms with Crippen LogP contribution in [0.25, 0.3) is 0 Å². The Morgan fingerprint density at radius 1 is 1.60 bits per heavy atom. The van der Waals surface area contributed by atoms with Crippen LogP contribution < -0.4 is 11.1 Å². The van der Waals surface area contributed by atoms with Gasteiger partial charge in [0.1, 0.15) is 0 Å². The van der Waals surface area contributed by atoms with Gasteiger partial charge in [-0.15, -0.1) is 0 Å². The zero-order valence-electron chi connectivity index (χ0n) is 8.62. The monoisotopic (exact) mass is 206 g/mol. The summed E-state index contributed by atoms with van der Waals surface area (Å²) in [6.07, 6.45) is 0. The molecular formula is C11H14N2O2. The second-order valence-electron chi connectivity index (χ2n) is 3.72. The lowest BCUT2D eigenvalue weighted by molar-refractivity contribution is -0.114. The molecule has 1 aliphatic heterocycles. The van der Waals surface area contributed by atoms with Crippen molar-refractivity contribution >= 4 is 11.6 Å². The number of carbonyl (C=O) groups is 1. The van der Waals surface area contributed by atoms with Gasteiger partial charge in [0, 0.05) is 12.6 Å². The van der Waals surface area contributed by atoms with Crippen LogP contribution in [0.3, 0.4) is 0 Å². The van der Waals surface area contributed by atoms with Crippen molar-refractivity contribution in [2.45, 2.75) is 19.6 Å². The Morgan fingerprint density at radius 2 is 2.40 bits per heavy atom. The summed E-state index contributed by atoms with van der Waals surface area (Å²) >= 11 is 0. The fourth-order valence-corrected chi connectivity index (χ4v) is 1.76. The molecule has 0 radical (unpaired) electrons. The molecule has 0 aliphatic carbocycles. The number of hydrogen-bond acceptors (Lipinski definition) is 3. The van der Waals surface area contributed by atoms with E-state index in [2.05, 4.69) is 5.32 Å². The first-order valence-electron chi connectivity index (χ1n) is 4.90. The van der Waals surface area contributed by atoms with Crippen LogP contribution in [0, 0.1) is 0 Å². The molecule has 1 aromatic carbocycles. The molecule has 1 aromatic rings. The van der Waals surface area contributed by atoms with Crippen molar-refractivity contribution in [3.8, 4) is 0 Å². The molecular weight excluding hydrogens is 192 g/mol. The summed E-state index contributed by atoms with van der Waals surface area (Å²) in [5.74, 6) is -0.0732. The van der Waals surface area contributed by atoms with E-state index in [0.717, 1.165) is 16.8 Å². The molecule has 0 bridgehead atoms. The summed E-state index contributed by atoms with van der Waals surface area (Å²) in [6, 6.07) is 5.68. The molecule has 0 saturated carbocycles. The average Bonchev–Trinajstić information content (AvgIpc) is 2.17. The quantitative estimate of drug-likeness (QED) is 0.725. The van der Waals surface area contributed by atoms with E-state index < -0.39 is 0 Å². The summed E-state index contributed by atoms with van der Waals surface area (Å²) < 4.78 is 5.33. The largest absolute Gasteiger partial charge is 0.375 e. The normalized spacial score (nSPS) is 19.5. The van der Waals surface area contributed by atoms with Crippen LogP contribution in [0.1, 0.15) is 24.1 Å². The minimum absolute atomic E-state index is 0.0554. The second kappa shape index (κ2) is 4.00. The molecule has 15 heavy (non-hydrogen) atoms. The lowest BCUT2D eigenvalue weighted by Gasteiger charge is -2.23. The Balaban J connectivity index is 2.29. The predicted molar refractivity (Wildman–Crippen MR) is 57.3 cm³/mol. The summed E-state index contributed by atoms with van der Waals surface area (Å²) in [7, 11) is 0. The SMILES string of the molecule is CC(=O)Nc1ccc2c(c1)COC[C@@H]2N. The van der Waals surface area contributed by atoms with Crippen molar-refractivity contribution in [1.82, 2.24) is 0 Å². The zero-order valence-corrected chi connectivity index (χ0v) is 8.62. The van der Waals surface area contributed by atoms with E-state index in [1.165, 1.54) is 6.92 Å². The number of carbonyl (C=O) groups excluding carboxylic acids is 1. The highest BCUT2D eigenvalue weighted by Crippen LogP contribution is 2.25. The molecule has 0 unspecified atom stereocenters. The van der Waals surface area contributed by atoms with E-state index in [1.807, 2.05) is 18.2 Å². The number of benzene rings is 1. The first-order chi connectivity index (χ1) is 7.16. The van der Waals surface area contributed by atoms with Crippen LogP contribution in [-0.2, 0) is 16.1 Å². The fraction of sp³-hybridized carbons (Fsp3) is 0.364. The van der Waals surface area contributed by atoms with E-state index in [1.54, 1.807) is 0 Å². The maximum absolute atomic E-state index is 10.9. The maximum Gasteiger partial charge on any atom is 0.221 e. The van der Waals surface area contributed by atoms with Crippen molar-refractivity contribution in [3.63, 3.8) is 0 Å². The maximum atomic E-state index is 10.9. The standard InChI is InChI=1S/C11H14N2O2/c1-7(14)13-9-2-3-10-8(4-9)5-15-6-11(10)12/h2-4,11H,5-6,12H2,1H3,(H,13,14)/t11-/m0/s1. The van der Waals surface area contributed by atoms with E-state index in [-0.39, 0.29) is 11.9 Å². The number of fused-ring (bicyclic) bond motifs is 1. The van der Waals surface area contributed by atoms with Crippen molar-refractivity contribution in [2.75, 3.05) is 11.9 Å². The van der Waals surface area contributed by atoms with Gasteiger partial charge in [-0.2, -0.15) is 0 Å². The van der Waals surface area contributed by atoms with Gasteiger partial charge in [0.2, 0.25) is 5.91 Å². The van der Waals surface area contributed by atoms with Gasteiger partial charge in [0.05, 0.1) is 19.3 Å². The van der Waals surface area contributed by atoms with Gasteiger partial charge in [-0.25, -0.2) is 0 Å². The molecule has 2 rings (SSSR count). The van der Waals surface area contributed by atoms with Gasteiger partial charge in [-0.05, 0) is 23.3 Å². The van der Waals surface area contributed by atoms with E-state index in [4.69, 9.17) is 10.5 Å². The molecule has 1 amide bonds. The Bertz CT molecular complexity index is 390. The van der Waals surface area contributed by atoms with Crippen LogP contribution >= 0.6 is 0 Å². The first-order valence-corrected chi connectivity index (χ1v) is 4.90. The number of amides is 1. The van der Waals surface area contributed by atoms with Crippen molar-refractivity contribution < 1.29 is 9.53 Å². The topological polar surface area (TPSA) is 64.3 Å². The lowest BCUT2D eigenvalue weighted by atomic mass is 9.99. The Hall–Kier alpha value is -1.39. The first kappa shape index (κ1) is 10.1. The summed E-state index contributed by atoms with van der Waals surface area (Å²) in [5, 5.41) is 2.73. The van der Waals surface area contributed by atoms with Crippen LogP contribution in [0.2, 0.25) is 0 Å². The third-order valence-corrected chi connectivity index (χ3v) is 2.42. The number of nitrogens with two attached hydrogens (primary N) is 1. The number of hydrogen-bond donors (Lipinski definition) is 2. The smallest absolute Gasteiger partial charge is 0.221 e. The number of ether oxygens (including phenoxy) is 1. The van der Waals surface area contributed by atoms with Gasteiger partial charge in [-0.3, -0.25) is 4.79 Å². The van der Waals surface area contributed by atoms with E-state index in [0.29, 0.717) is 13.2 Å². The van der Waals surface area contributed by atoms with Gasteiger partial charge < -0.3 is 15.8 Å². The fourth-order valence-electron chi connectivity index (χ4n) is 1.76. The summed E-state index contributed by atoms with van der Waals surface area (Å²) in [6.45, 7) is 2.62. The molecule has 4 heteroatoms. The van der Waals surface area contributed by atoms with E-state index in [9.17, 15) is 4.79 Å². The van der Waals surface area contributed by atoms with Crippen LogP contribution in [0.5, 0.6) is 0 Å². The molecule has 1 aliphatic rings. The highest BCUT2D eigenvalue weighted by atomic mass is 16.5. The average molecular weight is 206 g/mol. The molecule has 3 N–H and O–H groups in total. The Kier molecular flexibility index (Phi) is 2.70. The van der Waals surface area contributed by atoms with Crippen molar-refractivity contribution in [2.24, 2.45) is 5.73 Å². The molecule has 4 nitrogen and oxygen atoms in total. The molecule has 0 aromatic heterocycles. The van der Waals surface area contributed by atoms with Crippen LogP contribution in [0.15, 0.2) is 18.2 Å². The molecule has 1 heterocycles. The third-order valence-electron chi connectivity index (χ3n) is 2.42. The highest BCUT2D eigenvalue weighted by Gasteiger charge is 2.17. The minimum atomic E-state index is -0.0732. The van der Waals surface area contributed by atoms with Gasteiger partial charge >= 0.3 is 0 Å². The Morgan fingerprint density at radius 3 is 3.13 bits per heavy atom. The number of rotatable bonds is 1. The Labute approximate surface area is 88.4 Å². The zero-order chi connectivity index (χ0) is 10.8. The van der Waals surface area contributed by atoms with Crippen molar-refractivity contribution in [1.29, 1.82) is 0 Å². The highest BCUT2D eigenvalue weighted by molar-refractivity contribution is 5.88. The van der Waals surface area contributed by atoms with Crippen molar-refractivity contribution in [3.05, 3.63) is 29.3 Å².